The third-order valence-electron chi connectivity index (χ3n) is 1.78. The molecule has 0 N–H and O–H groups in total. The van der Waals surface area contributed by atoms with Crippen molar-refractivity contribution in [1.82, 2.24) is 14.6 Å². The molecule has 0 unspecified atom stereocenters. The van der Waals surface area contributed by atoms with Crippen LogP contribution in [0.5, 0.6) is 0 Å². The molecule has 0 bridgehead atoms. The number of nitrogens with zero attached hydrogens (tertiary/aromatic N) is 3. The second-order valence-corrected chi connectivity index (χ2v) is 4.51. The van der Waals surface area contributed by atoms with Crippen LogP contribution >= 0.6 is 23.3 Å². The number of thioether (sulfide) groups is 1. The van der Waals surface area contributed by atoms with Crippen LogP contribution in [-0.2, 0) is 0 Å². The Bertz CT molecular complexity index is 469. The number of aromatic nitrogens is 3. The fourth-order valence-corrected chi connectivity index (χ4v) is 2.23. The third kappa shape index (κ3) is 2.05. The quantitative estimate of drug-likeness (QED) is 0.602. The number of pyridine rings is 1. The molecule has 0 radical (unpaired) electrons. The van der Waals surface area contributed by atoms with E-state index >= 15 is 0 Å². The predicted octanol–water partition coefficient (Wildman–Crippen LogP) is 1.89. The second kappa shape index (κ2) is 4.50. The van der Waals surface area contributed by atoms with Gasteiger partial charge in [0.2, 0.25) is 5.78 Å². The van der Waals surface area contributed by atoms with E-state index in [0.29, 0.717) is 11.3 Å². The van der Waals surface area contributed by atoms with Gasteiger partial charge >= 0.3 is 0 Å². The van der Waals surface area contributed by atoms with Gasteiger partial charge in [-0.25, -0.2) is 0 Å². The van der Waals surface area contributed by atoms with E-state index in [1.54, 1.807) is 18.3 Å². The summed E-state index contributed by atoms with van der Waals surface area (Å²) in [6.07, 6.45) is 5.06. The average molecular weight is 237 g/mol. The highest BCUT2D eigenvalue weighted by Gasteiger charge is 2.17. The van der Waals surface area contributed by atoms with Gasteiger partial charge in [-0.1, -0.05) is 4.49 Å². The molecule has 0 fully saturated rings. The minimum atomic E-state index is -0.124. The van der Waals surface area contributed by atoms with Crippen LogP contribution in [0.2, 0.25) is 0 Å². The SMILES string of the molecule is CSc1snnc1C(=O)c1cccnc1. The maximum absolute atomic E-state index is 11.9. The lowest BCUT2D eigenvalue weighted by molar-refractivity contribution is 0.103. The van der Waals surface area contributed by atoms with Crippen LogP contribution in [0.4, 0.5) is 0 Å². The standard InChI is InChI=1S/C9H7N3OS2/c1-14-9-7(11-12-15-9)8(13)6-3-2-4-10-5-6/h2-5H,1H3. The largest absolute Gasteiger partial charge is 0.287 e. The number of hydrogen-bond acceptors (Lipinski definition) is 6. The minimum absolute atomic E-state index is 0.124. The van der Waals surface area contributed by atoms with Gasteiger partial charge < -0.3 is 0 Å². The molecular weight excluding hydrogens is 230 g/mol. The lowest BCUT2D eigenvalue weighted by Gasteiger charge is -1.96. The summed E-state index contributed by atoms with van der Waals surface area (Å²) >= 11 is 2.71. The Morgan fingerprint density at radius 3 is 3.07 bits per heavy atom. The molecule has 76 valence electrons. The van der Waals surface area contributed by atoms with Crippen LogP contribution in [0.1, 0.15) is 16.1 Å². The Balaban J connectivity index is 2.37. The molecule has 2 heterocycles. The molecule has 0 aromatic carbocycles. The third-order valence-corrected chi connectivity index (χ3v) is 3.59. The Morgan fingerprint density at radius 2 is 2.40 bits per heavy atom. The van der Waals surface area contributed by atoms with Crippen LogP contribution in [-0.4, -0.2) is 26.6 Å². The lowest BCUT2D eigenvalue weighted by Crippen LogP contribution is -2.03. The summed E-state index contributed by atoms with van der Waals surface area (Å²) in [6, 6.07) is 3.45. The maximum Gasteiger partial charge on any atom is 0.216 e. The van der Waals surface area contributed by atoms with Crippen LogP contribution in [0.3, 0.4) is 0 Å². The van der Waals surface area contributed by atoms with Crippen molar-refractivity contribution in [1.29, 1.82) is 0 Å². The second-order valence-electron chi connectivity index (χ2n) is 2.68. The van der Waals surface area contributed by atoms with Gasteiger partial charge in [0.25, 0.3) is 0 Å². The number of carbonyl (C=O) groups is 1. The van der Waals surface area contributed by atoms with Crippen molar-refractivity contribution in [3.05, 3.63) is 35.8 Å². The van der Waals surface area contributed by atoms with Gasteiger partial charge in [0.1, 0.15) is 4.21 Å². The van der Waals surface area contributed by atoms with E-state index in [1.807, 2.05) is 6.26 Å². The van der Waals surface area contributed by atoms with Crippen molar-refractivity contribution in [3.63, 3.8) is 0 Å². The molecule has 0 aliphatic heterocycles. The molecule has 0 atom stereocenters. The topological polar surface area (TPSA) is 55.7 Å². The highest BCUT2D eigenvalue weighted by molar-refractivity contribution is 8.00. The van der Waals surface area contributed by atoms with Crippen molar-refractivity contribution in [3.8, 4) is 0 Å². The summed E-state index contributed by atoms with van der Waals surface area (Å²) in [7, 11) is 0. The van der Waals surface area contributed by atoms with Gasteiger partial charge in [-0.05, 0) is 29.9 Å². The monoisotopic (exact) mass is 237 g/mol. The van der Waals surface area contributed by atoms with E-state index in [2.05, 4.69) is 14.6 Å². The molecule has 0 amide bonds. The molecule has 2 aromatic heterocycles. The molecule has 2 rings (SSSR count). The molecule has 4 nitrogen and oxygen atoms in total. The molecule has 15 heavy (non-hydrogen) atoms. The first kappa shape index (κ1) is 10.3. The summed E-state index contributed by atoms with van der Waals surface area (Å²) in [5.41, 5.74) is 0.959. The van der Waals surface area contributed by atoms with Crippen molar-refractivity contribution in [2.45, 2.75) is 4.21 Å². The van der Waals surface area contributed by atoms with Crippen LogP contribution < -0.4 is 0 Å². The molecule has 2 aromatic rings. The summed E-state index contributed by atoms with van der Waals surface area (Å²) < 4.78 is 4.61. The molecular formula is C9H7N3OS2. The van der Waals surface area contributed by atoms with E-state index in [-0.39, 0.29) is 5.78 Å². The molecule has 0 saturated carbocycles. The highest BCUT2D eigenvalue weighted by atomic mass is 32.2. The number of hydrogen-bond donors (Lipinski definition) is 0. The number of ketones is 1. The molecule has 0 saturated heterocycles. The lowest BCUT2D eigenvalue weighted by atomic mass is 10.1. The first-order valence-corrected chi connectivity index (χ1v) is 6.14. The average Bonchev–Trinajstić information content (AvgIpc) is 2.77. The molecule has 0 aliphatic rings. The van der Waals surface area contributed by atoms with Crippen molar-refractivity contribution in [2.24, 2.45) is 0 Å². The normalized spacial score (nSPS) is 10.2. The predicted molar refractivity (Wildman–Crippen MR) is 59.4 cm³/mol. The van der Waals surface area contributed by atoms with Gasteiger partial charge in [-0.3, -0.25) is 9.78 Å². The van der Waals surface area contributed by atoms with E-state index in [1.165, 1.54) is 29.5 Å². The molecule has 0 spiro atoms. The van der Waals surface area contributed by atoms with Gasteiger partial charge in [-0.2, -0.15) is 0 Å². The number of carbonyl (C=O) groups excluding carboxylic acids is 1. The Kier molecular flexibility index (Phi) is 3.08. The smallest absolute Gasteiger partial charge is 0.216 e. The van der Waals surface area contributed by atoms with Crippen molar-refractivity contribution < 1.29 is 4.79 Å². The van der Waals surface area contributed by atoms with Crippen molar-refractivity contribution >= 4 is 29.1 Å². The fourth-order valence-electron chi connectivity index (χ4n) is 1.09. The van der Waals surface area contributed by atoms with Crippen LogP contribution in [0.15, 0.2) is 28.7 Å². The minimum Gasteiger partial charge on any atom is -0.287 e. The summed E-state index contributed by atoms with van der Waals surface area (Å²) in [4.78, 5) is 15.8. The van der Waals surface area contributed by atoms with E-state index in [0.717, 1.165) is 4.21 Å². The first-order valence-electron chi connectivity index (χ1n) is 4.14. The summed E-state index contributed by atoms with van der Waals surface area (Å²) in [5, 5.41) is 3.83. The maximum atomic E-state index is 11.9. The zero-order valence-electron chi connectivity index (χ0n) is 7.88. The van der Waals surface area contributed by atoms with E-state index in [4.69, 9.17) is 0 Å². The summed E-state index contributed by atoms with van der Waals surface area (Å²) in [5.74, 6) is -0.124. The zero-order valence-corrected chi connectivity index (χ0v) is 9.51. The Labute approximate surface area is 94.9 Å². The van der Waals surface area contributed by atoms with Crippen LogP contribution in [0, 0.1) is 0 Å². The first-order chi connectivity index (χ1) is 7.33. The summed E-state index contributed by atoms with van der Waals surface area (Å²) in [6.45, 7) is 0. The van der Waals surface area contributed by atoms with Crippen molar-refractivity contribution in [2.75, 3.05) is 6.26 Å². The molecule has 6 heteroatoms. The van der Waals surface area contributed by atoms with Gasteiger partial charge in [-0.15, -0.1) is 16.9 Å². The Morgan fingerprint density at radius 1 is 1.53 bits per heavy atom. The van der Waals surface area contributed by atoms with Gasteiger partial charge in [0, 0.05) is 18.0 Å². The fraction of sp³-hybridized carbons (Fsp3) is 0.111. The van der Waals surface area contributed by atoms with Crippen LogP contribution in [0.25, 0.3) is 0 Å². The Hall–Kier alpha value is -1.27. The van der Waals surface area contributed by atoms with E-state index in [9.17, 15) is 4.79 Å². The number of rotatable bonds is 3. The highest BCUT2D eigenvalue weighted by Crippen LogP contribution is 2.24. The zero-order chi connectivity index (χ0) is 10.7. The molecule has 0 aliphatic carbocycles. The van der Waals surface area contributed by atoms with Gasteiger partial charge in [0.05, 0.1) is 0 Å². The van der Waals surface area contributed by atoms with E-state index < -0.39 is 0 Å². The van der Waals surface area contributed by atoms with Gasteiger partial charge in [0.15, 0.2) is 5.69 Å².